The van der Waals surface area contributed by atoms with E-state index in [1.165, 1.54) is 10.9 Å². The second kappa shape index (κ2) is 11.9. The number of nitrogens with two attached hydrogens (primary N) is 1. The number of rotatable bonds is 10. The van der Waals surface area contributed by atoms with E-state index in [0.717, 1.165) is 23.2 Å². The average molecular weight is 651 g/mol. The standard InChI is InChI=1S/C19H25N7O15P2/c20-15-10-16(22-5-21-15)26(6-23-10)18-14(31)12(29)8(40-18)4-38-43(35,36)41-42(33,34)37-3-7-11(28)13(30)17(39-7)25-2-1-9(27)24-19(25)32/h1-2,5-8,11-14,17-18,28-31H,3-4H2,(H,33,34)(H,35,36)(H2,20,21,22)(H,24,27,32)/p-2. The largest absolute Gasteiger partial charge is 0.756 e. The highest BCUT2D eigenvalue weighted by atomic mass is 31.3. The number of hydrogen-bond donors (Lipinski definition) is 6. The summed E-state index contributed by atoms with van der Waals surface area (Å²) in [5.41, 5.74) is 4.27. The fraction of sp³-hybridized carbons (Fsp3) is 0.526. The van der Waals surface area contributed by atoms with E-state index in [2.05, 4.69) is 28.3 Å². The molecule has 0 bridgehead atoms. The van der Waals surface area contributed by atoms with Crippen LogP contribution in [0.4, 0.5) is 5.82 Å². The topological polar surface area (TPSA) is 332 Å². The number of nitrogens with one attached hydrogen (secondary N) is 1. The zero-order valence-corrected chi connectivity index (χ0v) is 23.1. The Hall–Kier alpha value is -2.95. The lowest BCUT2D eigenvalue weighted by Gasteiger charge is -2.32. The highest BCUT2D eigenvalue weighted by Crippen LogP contribution is 2.56. The summed E-state index contributed by atoms with van der Waals surface area (Å²) in [6.07, 6.45) is -9.65. The maximum atomic E-state index is 12.2. The van der Waals surface area contributed by atoms with E-state index in [4.69, 9.17) is 15.2 Å². The summed E-state index contributed by atoms with van der Waals surface area (Å²) >= 11 is 0. The first-order chi connectivity index (χ1) is 20.2. The quantitative estimate of drug-likeness (QED) is 0.112. The van der Waals surface area contributed by atoms with Crippen LogP contribution in [0.25, 0.3) is 11.2 Å². The lowest BCUT2D eigenvalue weighted by atomic mass is 10.1. The van der Waals surface area contributed by atoms with Crippen LogP contribution in [0.5, 0.6) is 0 Å². The first kappa shape index (κ1) is 31.5. The number of aliphatic hydroxyl groups is 4. The maximum absolute atomic E-state index is 12.2. The van der Waals surface area contributed by atoms with Gasteiger partial charge in [0.1, 0.15) is 48.5 Å². The lowest BCUT2D eigenvalue weighted by Crippen LogP contribution is -2.37. The van der Waals surface area contributed by atoms with Gasteiger partial charge in [-0.1, -0.05) is 0 Å². The van der Waals surface area contributed by atoms with Gasteiger partial charge in [-0.15, -0.1) is 0 Å². The third-order valence-electron chi connectivity index (χ3n) is 6.45. The summed E-state index contributed by atoms with van der Waals surface area (Å²) in [5.74, 6) is 0.0274. The number of H-pyrrole nitrogens is 1. The fourth-order valence-electron chi connectivity index (χ4n) is 4.38. The summed E-state index contributed by atoms with van der Waals surface area (Å²) in [5, 5.41) is 41.2. The van der Waals surface area contributed by atoms with Gasteiger partial charge in [0, 0.05) is 12.3 Å². The van der Waals surface area contributed by atoms with Crippen molar-refractivity contribution in [2.24, 2.45) is 0 Å². The van der Waals surface area contributed by atoms with Gasteiger partial charge in [-0.3, -0.25) is 28.0 Å². The molecule has 24 heteroatoms. The van der Waals surface area contributed by atoms with E-state index in [9.17, 15) is 48.9 Å². The molecular weight excluding hydrogens is 628 g/mol. The van der Waals surface area contributed by atoms with Crippen molar-refractivity contribution in [1.29, 1.82) is 0 Å². The van der Waals surface area contributed by atoms with Gasteiger partial charge in [0.2, 0.25) is 0 Å². The van der Waals surface area contributed by atoms with Crippen LogP contribution >= 0.6 is 15.6 Å². The molecule has 5 heterocycles. The number of ether oxygens (including phenoxy) is 2. The van der Waals surface area contributed by atoms with Crippen LogP contribution in [-0.2, 0) is 32.0 Å². The van der Waals surface area contributed by atoms with Crippen molar-refractivity contribution >= 4 is 32.6 Å². The molecule has 10 atom stereocenters. The second-order valence-corrected chi connectivity index (χ2v) is 12.2. The van der Waals surface area contributed by atoms with E-state index in [0.29, 0.717) is 0 Å². The van der Waals surface area contributed by atoms with Crippen LogP contribution in [0.2, 0.25) is 0 Å². The molecule has 3 aromatic rings. The number of phosphoric ester groups is 2. The molecule has 5 rings (SSSR count). The number of phosphoric acid groups is 2. The summed E-state index contributed by atoms with van der Waals surface area (Å²) in [6.45, 7) is -2.08. The SMILES string of the molecule is Nc1ncnc2c1ncn2C1OC(COP(=O)([O-])OP(=O)([O-])OCC2OC(n3ccc(=O)[nH]c3=O)C(O)C2O)C(O)C1O. The highest BCUT2D eigenvalue weighted by Gasteiger charge is 2.46. The third kappa shape index (κ3) is 6.47. The Labute approximate surface area is 238 Å². The smallest absolute Gasteiger partial charge is 0.330 e. The fourth-order valence-corrected chi connectivity index (χ4v) is 6.39. The van der Waals surface area contributed by atoms with Crippen molar-refractivity contribution in [2.75, 3.05) is 18.9 Å². The number of nitrogens with zero attached hydrogens (tertiary/aromatic N) is 5. The van der Waals surface area contributed by atoms with Crippen molar-refractivity contribution in [1.82, 2.24) is 29.1 Å². The number of nitrogen functional groups attached to an aromatic ring is 1. The third-order valence-corrected chi connectivity index (χ3v) is 8.99. The number of hydrogen-bond acceptors (Lipinski definition) is 19. The Balaban J connectivity index is 1.16. The Bertz CT molecular complexity index is 1700. The summed E-state index contributed by atoms with van der Waals surface area (Å²) in [6, 6.07) is 0.931. The molecule has 43 heavy (non-hydrogen) atoms. The number of aromatic amines is 1. The van der Waals surface area contributed by atoms with Gasteiger partial charge in [0.15, 0.2) is 23.9 Å². The molecule has 0 saturated carbocycles. The number of fused-ring (bicyclic) bond motifs is 1. The minimum atomic E-state index is -5.72. The zero-order chi connectivity index (χ0) is 31.3. The number of aromatic nitrogens is 6. The van der Waals surface area contributed by atoms with Gasteiger partial charge >= 0.3 is 5.69 Å². The highest BCUT2D eigenvalue weighted by molar-refractivity contribution is 7.59. The van der Waals surface area contributed by atoms with Gasteiger partial charge in [-0.2, -0.15) is 0 Å². The van der Waals surface area contributed by atoms with Gasteiger partial charge in [0.25, 0.3) is 21.2 Å². The molecule has 0 spiro atoms. The van der Waals surface area contributed by atoms with Gasteiger partial charge in [-0.25, -0.2) is 24.1 Å². The van der Waals surface area contributed by atoms with Crippen molar-refractivity contribution in [2.45, 2.75) is 49.1 Å². The molecular formula is C19H23N7O15P2-2. The molecule has 0 aromatic carbocycles. The van der Waals surface area contributed by atoms with E-state index in [1.54, 1.807) is 0 Å². The minimum absolute atomic E-state index is 0.0274. The molecule has 0 amide bonds. The minimum Gasteiger partial charge on any atom is -0.756 e. The first-order valence-electron chi connectivity index (χ1n) is 12.1. The van der Waals surface area contributed by atoms with E-state index in [1.807, 2.05) is 4.98 Å². The Kier molecular flexibility index (Phi) is 8.68. The van der Waals surface area contributed by atoms with Crippen LogP contribution in [0.15, 0.2) is 34.5 Å². The van der Waals surface area contributed by atoms with Crippen molar-refractivity contribution in [3.63, 3.8) is 0 Å². The first-order valence-corrected chi connectivity index (χ1v) is 15.0. The number of anilines is 1. The Morgan fingerprint density at radius 3 is 2.02 bits per heavy atom. The summed E-state index contributed by atoms with van der Waals surface area (Å²) in [7, 11) is -11.4. The molecule has 2 aliphatic rings. The van der Waals surface area contributed by atoms with Crippen LogP contribution in [0, 0.1) is 0 Å². The average Bonchev–Trinajstić information content (AvgIpc) is 3.57. The Morgan fingerprint density at radius 2 is 1.47 bits per heavy atom. The molecule has 2 aliphatic heterocycles. The summed E-state index contributed by atoms with van der Waals surface area (Å²) < 4.78 is 50.1. The van der Waals surface area contributed by atoms with Crippen molar-refractivity contribution in [3.8, 4) is 0 Å². The van der Waals surface area contributed by atoms with E-state index < -0.39 is 89.2 Å². The van der Waals surface area contributed by atoms with Crippen molar-refractivity contribution in [3.05, 3.63) is 45.8 Å². The predicted molar refractivity (Wildman–Crippen MR) is 131 cm³/mol. The number of imidazole rings is 1. The van der Waals surface area contributed by atoms with Crippen LogP contribution in [0.3, 0.4) is 0 Å². The van der Waals surface area contributed by atoms with E-state index >= 15 is 0 Å². The molecule has 2 fully saturated rings. The molecule has 3 aromatic heterocycles. The van der Waals surface area contributed by atoms with Crippen molar-refractivity contribution < 1.29 is 62.2 Å². The molecule has 0 aliphatic carbocycles. The van der Waals surface area contributed by atoms with E-state index in [-0.39, 0.29) is 17.0 Å². The molecule has 10 unspecified atom stereocenters. The Morgan fingerprint density at radius 1 is 0.907 bits per heavy atom. The van der Waals surface area contributed by atoms with Gasteiger partial charge in [0.05, 0.1) is 19.5 Å². The van der Waals surface area contributed by atoms with Gasteiger partial charge in [-0.05, 0) is 0 Å². The molecule has 2 saturated heterocycles. The normalized spacial score (nSPS) is 32.1. The van der Waals surface area contributed by atoms with Crippen LogP contribution in [-0.4, -0.2) is 99.3 Å². The second-order valence-electron chi connectivity index (χ2n) is 9.26. The zero-order valence-electron chi connectivity index (χ0n) is 21.3. The molecule has 236 valence electrons. The monoisotopic (exact) mass is 651 g/mol. The van der Waals surface area contributed by atoms with Gasteiger partial charge < -0.3 is 54.5 Å². The summed E-state index contributed by atoms with van der Waals surface area (Å²) in [4.78, 5) is 61.3. The molecule has 22 nitrogen and oxygen atoms in total. The van der Waals surface area contributed by atoms with Crippen LogP contribution in [0.1, 0.15) is 12.5 Å². The number of aliphatic hydroxyl groups excluding tert-OH is 4. The van der Waals surface area contributed by atoms with Crippen LogP contribution < -0.4 is 26.8 Å². The lowest BCUT2D eigenvalue weighted by molar-refractivity contribution is -0.246. The molecule has 7 N–H and O–H groups in total. The molecule has 0 radical (unpaired) electrons. The maximum Gasteiger partial charge on any atom is 0.330 e. The predicted octanol–water partition coefficient (Wildman–Crippen LogP) is -4.82.